The number of nitrogens with zero attached hydrogens (tertiary/aromatic N) is 3. The second-order valence-electron chi connectivity index (χ2n) is 4.79. The van der Waals surface area contributed by atoms with E-state index >= 15 is 0 Å². The Labute approximate surface area is 136 Å². The second kappa shape index (κ2) is 6.63. The third kappa shape index (κ3) is 3.28. The molecule has 2 aromatic rings. The number of rotatable bonds is 4. The zero-order valence-electron chi connectivity index (χ0n) is 12.8. The van der Waals surface area contributed by atoms with E-state index in [4.69, 9.17) is 0 Å². The predicted octanol–water partition coefficient (Wildman–Crippen LogP) is 2.44. The topological polar surface area (TPSA) is 72.3 Å². The lowest BCUT2D eigenvalue weighted by atomic mass is 10.3. The fourth-order valence-corrected chi connectivity index (χ4v) is 3.32. The summed E-state index contributed by atoms with van der Waals surface area (Å²) in [6.45, 7) is 4.00. The monoisotopic (exact) mass is 361 g/mol. The van der Waals surface area contributed by atoms with Gasteiger partial charge in [-0.2, -0.15) is 4.68 Å². The number of sulfone groups is 1. The molecule has 6 nitrogen and oxygen atoms in total. The lowest BCUT2D eigenvalue weighted by Crippen LogP contribution is -2.34. The van der Waals surface area contributed by atoms with Gasteiger partial charge in [-0.3, -0.25) is 0 Å². The van der Waals surface area contributed by atoms with E-state index in [1.54, 1.807) is 13.8 Å². The van der Waals surface area contributed by atoms with Crippen molar-refractivity contribution >= 4 is 15.9 Å². The lowest BCUT2D eigenvalue weighted by molar-refractivity contribution is 0.201. The van der Waals surface area contributed by atoms with Crippen molar-refractivity contribution in [2.75, 3.05) is 13.1 Å². The normalized spacial score (nSPS) is 11.5. The van der Waals surface area contributed by atoms with Crippen LogP contribution in [0.4, 0.5) is 18.0 Å². The average molecular weight is 361 g/mol. The van der Waals surface area contributed by atoms with Crippen LogP contribution < -0.4 is 0 Å². The van der Waals surface area contributed by atoms with Crippen molar-refractivity contribution in [1.82, 2.24) is 14.7 Å². The van der Waals surface area contributed by atoms with E-state index in [1.807, 2.05) is 0 Å². The quantitative estimate of drug-likeness (QED) is 0.839. The number of hydrogen-bond donors (Lipinski definition) is 0. The molecule has 1 heterocycles. The zero-order chi connectivity index (χ0) is 18.1. The maximum absolute atomic E-state index is 14.0. The van der Waals surface area contributed by atoms with Gasteiger partial charge in [-0.05, 0) is 26.0 Å². The number of amides is 1. The summed E-state index contributed by atoms with van der Waals surface area (Å²) in [7, 11) is -4.62. The summed E-state index contributed by atoms with van der Waals surface area (Å²) in [5, 5.41) is 2.38. The Balaban J connectivity index is 2.51. The van der Waals surface area contributed by atoms with Crippen molar-refractivity contribution in [3.05, 3.63) is 41.8 Å². The van der Waals surface area contributed by atoms with E-state index in [1.165, 1.54) is 4.90 Å². The number of carbonyl (C=O) groups excluding carboxylic acids is 1. The Bertz CT molecular complexity index is 856. The van der Waals surface area contributed by atoms with Crippen LogP contribution in [-0.2, 0) is 9.84 Å². The van der Waals surface area contributed by atoms with Gasteiger partial charge in [0.05, 0.1) is 11.1 Å². The number of halogens is 3. The summed E-state index contributed by atoms with van der Waals surface area (Å²) in [6, 6.07) is 0.857. The summed E-state index contributed by atoms with van der Waals surface area (Å²) in [6.07, 6.45) is 0.614. The van der Waals surface area contributed by atoms with Gasteiger partial charge >= 0.3 is 6.03 Å². The molecule has 2 rings (SSSR count). The molecule has 0 aliphatic heterocycles. The highest BCUT2D eigenvalue weighted by atomic mass is 32.2. The molecule has 0 spiro atoms. The molecule has 130 valence electrons. The van der Waals surface area contributed by atoms with E-state index in [0.717, 1.165) is 0 Å². The van der Waals surface area contributed by atoms with Crippen molar-refractivity contribution in [3.63, 3.8) is 0 Å². The first-order chi connectivity index (χ1) is 11.2. The molecule has 0 aliphatic rings. The summed E-state index contributed by atoms with van der Waals surface area (Å²) in [5.41, 5.74) is 0. The summed E-state index contributed by atoms with van der Waals surface area (Å²) in [4.78, 5) is 12.6. The van der Waals surface area contributed by atoms with Crippen LogP contribution in [-0.4, -0.2) is 42.2 Å². The first-order valence-electron chi connectivity index (χ1n) is 6.96. The highest BCUT2D eigenvalue weighted by Gasteiger charge is 2.29. The fourth-order valence-electron chi connectivity index (χ4n) is 2.05. The van der Waals surface area contributed by atoms with Crippen LogP contribution in [0.5, 0.6) is 0 Å². The highest BCUT2D eigenvalue weighted by molar-refractivity contribution is 7.91. The molecule has 24 heavy (non-hydrogen) atoms. The minimum atomic E-state index is -4.62. The minimum absolute atomic E-state index is 0.313. The SMILES string of the molecule is CCN(CC)C(=O)n1cc(F)c(S(=O)(=O)c2cc(F)cc(F)c2)n1. The van der Waals surface area contributed by atoms with Gasteiger partial charge in [0.15, 0.2) is 5.82 Å². The maximum Gasteiger partial charge on any atom is 0.344 e. The van der Waals surface area contributed by atoms with Crippen LogP contribution in [0.25, 0.3) is 0 Å². The van der Waals surface area contributed by atoms with E-state index in [0.29, 0.717) is 42.2 Å². The van der Waals surface area contributed by atoms with E-state index in [-0.39, 0.29) is 0 Å². The Kier molecular flexibility index (Phi) is 4.97. The molecule has 0 atom stereocenters. The van der Waals surface area contributed by atoms with Gasteiger partial charge in [0.25, 0.3) is 0 Å². The van der Waals surface area contributed by atoms with Crippen LogP contribution in [0.1, 0.15) is 13.8 Å². The van der Waals surface area contributed by atoms with Crippen LogP contribution in [0.15, 0.2) is 34.3 Å². The lowest BCUT2D eigenvalue weighted by Gasteiger charge is -2.17. The standard InChI is InChI=1S/C14H14F3N3O3S/c1-3-19(4-2)14(21)20-8-12(17)13(18-20)24(22,23)11-6-9(15)5-10(16)7-11/h5-8H,3-4H2,1-2H3. The van der Waals surface area contributed by atoms with Gasteiger partial charge in [-0.1, -0.05) is 0 Å². The summed E-state index contributed by atoms with van der Waals surface area (Å²) >= 11 is 0. The molecule has 0 saturated heterocycles. The predicted molar refractivity (Wildman–Crippen MR) is 77.7 cm³/mol. The van der Waals surface area contributed by atoms with Crippen LogP contribution >= 0.6 is 0 Å². The van der Waals surface area contributed by atoms with Gasteiger partial charge < -0.3 is 4.90 Å². The molecule has 1 aromatic carbocycles. The molecule has 0 saturated carbocycles. The zero-order valence-corrected chi connectivity index (χ0v) is 13.6. The van der Waals surface area contributed by atoms with Gasteiger partial charge in [-0.25, -0.2) is 26.4 Å². The Morgan fingerprint density at radius 3 is 2.17 bits per heavy atom. The van der Waals surface area contributed by atoms with E-state index in [9.17, 15) is 26.4 Å². The van der Waals surface area contributed by atoms with Gasteiger partial charge in [0.2, 0.25) is 14.9 Å². The molecule has 10 heteroatoms. The molecule has 0 unspecified atom stereocenters. The van der Waals surface area contributed by atoms with Crippen molar-refractivity contribution in [1.29, 1.82) is 0 Å². The Hall–Kier alpha value is -2.36. The first kappa shape index (κ1) is 18.0. The molecule has 0 bridgehead atoms. The van der Waals surface area contributed by atoms with Crippen molar-refractivity contribution in [2.45, 2.75) is 23.8 Å². The van der Waals surface area contributed by atoms with E-state index in [2.05, 4.69) is 5.10 Å². The number of benzene rings is 1. The van der Waals surface area contributed by atoms with Gasteiger partial charge in [0, 0.05) is 19.2 Å². The molecule has 1 amide bonds. The molecule has 0 N–H and O–H groups in total. The van der Waals surface area contributed by atoms with E-state index < -0.39 is 43.2 Å². The number of aromatic nitrogens is 2. The summed E-state index contributed by atoms with van der Waals surface area (Å²) < 4.78 is 65.7. The van der Waals surface area contributed by atoms with Crippen molar-refractivity contribution in [3.8, 4) is 0 Å². The molecule has 0 aliphatic carbocycles. The molecule has 1 aromatic heterocycles. The molecular weight excluding hydrogens is 347 g/mol. The molecule has 0 radical (unpaired) electrons. The summed E-state index contributed by atoms with van der Waals surface area (Å²) in [5.74, 6) is -3.56. The second-order valence-corrected chi connectivity index (χ2v) is 6.66. The third-order valence-corrected chi connectivity index (χ3v) is 4.91. The Morgan fingerprint density at radius 1 is 1.12 bits per heavy atom. The van der Waals surface area contributed by atoms with Crippen molar-refractivity contribution in [2.24, 2.45) is 0 Å². The molecule has 0 fully saturated rings. The van der Waals surface area contributed by atoms with Crippen LogP contribution in [0.2, 0.25) is 0 Å². The average Bonchev–Trinajstić information content (AvgIpc) is 2.90. The Morgan fingerprint density at radius 2 is 1.67 bits per heavy atom. The maximum atomic E-state index is 14.0. The fraction of sp³-hybridized carbons (Fsp3) is 0.286. The number of carbonyl (C=O) groups is 1. The van der Waals surface area contributed by atoms with Gasteiger partial charge in [0.1, 0.15) is 11.6 Å². The van der Waals surface area contributed by atoms with Crippen molar-refractivity contribution < 1.29 is 26.4 Å². The van der Waals surface area contributed by atoms with Crippen LogP contribution in [0.3, 0.4) is 0 Å². The first-order valence-corrected chi connectivity index (χ1v) is 8.44. The minimum Gasteiger partial charge on any atom is -0.323 e. The van der Waals surface area contributed by atoms with Crippen LogP contribution in [0, 0.1) is 17.5 Å². The van der Waals surface area contributed by atoms with Gasteiger partial charge in [-0.15, -0.1) is 5.10 Å². The third-order valence-electron chi connectivity index (χ3n) is 3.27. The largest absolute Gasteiger partial charge is 0.344 e. The highest BCUT2D eigenvalue weighted by Crippen LogP contribution is 2.23. The number of hydrogen-bond acceptors (Lipinski definition) is 4. The molecular formula is C14H14F3N3O3S. The smallest absolute Gasteiger partial charge is 0.323 e.